The molecule has 1 fully saturated rings. The number of nitrogens with one attached hydrogen (secondary N) is 1. The number of aromatic nitrogens is 1. The van der Waals surface area contributed by atoms with Crippen molar-refractivity contribution in [2.24, 2.45) is 5.92 Å². The maximum Gasteiger partial charge on any atom is 0.236 e. The highest BCUT2D eigenvalue weighted by Gasteiger charge is 2.24. The highest BCUT2D eigenvalue weighted by atomic mass is 32.2. The molecule has 2 aromatic rings. The smallest absolute Gasteiger partial charge is 0.236 e. The Morgan fingerprint density at radius 1 is 1.14 bits per heavy atom. The van der Waals surface area contributed by atoms with Gasteiger partial charge in [0.2, 0.25) is 15.7 Å². The molecular weight excluding hydrogens is 470 g/mol. The van der Waals surface area contributed by atoms with Crippen LogP contribution in [0.5, 0.6) is 5.75 Å². The molecule has 0 aliphatic heterocycles. The first-order valence-electron chi connectivity index (χ1n) is 12.1. The zero-order chi connectivity index (χ0) is 25.3. The Bertz CT molecular complexity index is 1050. The number of hydrogen-bond donors (Lipinski definition) is 2. The van der Waals surface area contributed by atoms with Gasteiger partial charge in [-0.3, -0.25) is 15.4 Å². The summed E-state index contributed by atoms with van der Waals surface area (Å²) in [6, 6.07) is 9.10. The van der Waals surface area contributed by atoms with E-state index >= 15 is 0 Å². The van der Waals surface area contributed by atoms with Gasteiger partial charge >= 0.3 is 0 Å². The summed E-state index contributed by atoms with van der Waals surface area (Å²) < 4.78 is 37.1. The second-order valence-corrected chi connectivity index (χ2v) is 10.6. The minimum atomic E-state index is -3.85. The zero-order valence-electron chi connectivity index (χ0n) is 20.4. The Balaban J connectivity index is 1.53. The summed E-state index contributed by atoms with van der Waals surface area (Å²) in [6.45, 7) is 5.11. The molecule has 1 aliphatic carbocycles. The van der Waals surface area contributed by atoms with E-state index in [4.69, 9.17) is 9.47 Å². The Hall–Kier alpha value is -2.53. The summed E-state index contributed by atoms with van der Waals surface area (Å²) in [7, 11) is -3.85. The van der Waals surface area contributed by atoms with Crippen LogP contribution in [0.15, 0.2) is 52.5 Å². The highest BCUT2D eigenvalue weighted by Crippen LogP contribution is 2.28. The number of benzene rings is 1. The normalized spacial score (nSPS) is 18.4. The van der Waals surface area contributed by atoms with Crippen LogP contribution in [0.25, 0.3) is 0 Å². The molecule has 192 valence electrons. The second kappa shape index (κ2) is 13.0. The molecule has 9 nitrogen and oxygen atoms in total. The third kappa shape index (κ3) is 7.99. The van der Waals surface area contributed by atoms with Crippen molar-refractivity contribution in [3.8, 4) is 5.75 Å². The summed E-state index contributed by atoms with van der Waals surface area (Å²) in [4.78, 5) is 16.5. The zero-order valence-corrected chi connectivity index (χ0v) is 21.2. The Labute approximate surface area is 207 Å². The fourth-order valence-corrected chi connectivity index (χ4v) is 5.39. The average Bonchev–Trinajstić information content (AvgIpc) is 2.84. The number of hydrogen-bond acceptors (Lipinski definition) is 8. The standard InChI is InChI=1S/C25H35N3O6S/c1-3-15-34-22-7-5-19(6-8-22)16-24(29)27-28(30)18-20-13-14-26-25(17-20)35(31,32)23-11-9-21(10-12-23)33-4-2/h9-14,17,19,22,30H,3-8,15-16,18H2,1-2H3,(H,27,29)/t19-,22-. The summed E-state index contributed by atoms with van der Waals surface area (Å²) >= 11 is 0. The van der Waals surface area contributed by atoms with E-state index in [9.17, 15) is 18.4 Å². The molecule has 1 saturated carbocycles. The first-order valence-corrected chi connectivity index (χ1v) is 13.6. The molecule has 1 aromatic carbocycles. The molecule has 0 bridgehead atoms. The van der Waals surface area contributed by atoms with Crippen molar-refractivity contribution in [2.45, 2.75) is 74.9 Å². The number of ether oxygens (including phenoxy) is 2. The molecule has 2 N–H and O–H groups in total. The van der Waals surface area contributed by atoms with E-state index in [0.717, 1.165) is 38.7 Å². The summed E-state index contributed by atoms with van der Waals surface area (Å²) in [6.07, 6.45) is 6.71. The number of carbonyl (C=O) groups excluding carboxylic acids is 1. The minimum Gasteiger partial charge on any atom is -0.494 e. The monoisotopic (exact) mass is 505 g/mol. The molecule has 0 saturated heterocycles. The van der Waals surface area contributed by atoms with Crippen molar-refractivity contribution in [2.75, 3.05) is 13.2 Å². The van der Waals surface area contributed by atoms with Crippen molar-refractivity contribution >= 4 is 15.7 Å². The van der Waals surface area contributed by atoms with Crippen LogP contribution in [-0.4, -0.2) is 49.0 Å². The first kappa shape index (κ1) is 27.1. The van der Waals surface area contributed by atoms with Crippen molar-refractivity contribution in [1.82, 2.24) is 15.6 Å². The molecule has 10 heteroatoms. The molecule has 1 aromatic heterocycles. The topological polar surface area (TPSA) is 118 Å². The Kier molecular flexibility index (Phi) is 10.0. The number of hydroxylamine groups is 1. The fraction of sp³-hybridized carbons (Fsp3) is 0.520. The molecule has 0 atom stereocenters. The fourth-order valence-electron chi connectivity index (χ4n) is 4.15. The van der Waals surface area contributed by atoms with Crippen molar-refractivity contribution in [3.63, 3.8) is 0 Å². The third-order valence-corrected chi connectivity index (χ3v) is 7.60. The molecule has 1 amide bonds. The van der Waals surface area contributed by atoms with E-state index in [2.05, 4.69) is 17.3 Å². The lowest BCUT2D eigenvalue weighted by atomic mass is 9.85. The number of carbonyl (C=O) groups is 1. The highest BCUT2D eigenvalue weighted by molar-refractivity contribution is 7.91. The summed E-state index contributed by atoms with van der Waals surface area (Å²) in [5, 5.41) is 10.8. The molecule has 1 heterocycles. The van der Waals surface area contributed by atoms with Crippen LogP contribution in [0.1, 0.15) is 57.9 Å². The van der Waals surface area contributed by atoms with Gasteiger partial charge in [0.05, 0.1) is 24.2 Å². The van der Waals surface area contributed by atoms with Crippen LogP contribution in [0, 0.1) is 5.92 Å². The van der Waals surface area contributed by atoms with E-state index in [0.29, 0.717) is 29.5 Å². The third-order valence-electron chi connectivity index (χ3n) is 5.93. The van der Waals surface area contributed by atoms with Crippen LogP contribution in [0.2, 0.25) is 0 Å². The maximum atomic E-state index is 13.0. The van der Waals surface area contributed by atoms with Gasteiger partial charge in [-0.2, -0.15) is 0 Å². The lowest BCUT2D eigenvalue weighted by molar-refractivity contribution is -0.166. The van der Waals surface area contributed by atoms with Crippen LogP contribution in [0.4, 0.5) is 0 Å². The van der Waals surface area contributed by atoms with Gasteiger partial charge in [0.15, 0.2) is 5.03 Å². The van der Waals surface area contributed by atoms with Gasteiger partial charge in [0.1, 0.15) is 5.75 Å². The Morgan fingerprint density at radius 3 is 2.51 bits per heavy atom. The summed E-state index contributed by atoms with van der Waals surface area (Å²) in [5.41, 5.74) is 2.95. The largest absolute Gasteiger partial charge is 0.494 e. The van der Waals surface area contributed by atoms with Crippen molar-refractivity contribution in [3.05, 3.63) is 48.2 Å². The number of sulfone groups is 1. The average molecular weight is 506 g/mol. The second-order valence-electron chi connectivity index (χ2n) is 8.72. The lowest BCUT2D eigenvalue weighted by Gasteiger charge is -2.28. The maximum absolute atomic E-state index is 13.0. The molecule has 0 unspecified atom stereocenters. The number of pyridine rings is 1. The van der Waals surface area contributed by atoms with Crippen molar-refractivity contribution < 1.29 is 27.9 Å². The van der Waals surface area contributed by atoms with Crippen LogP contribution < -0.4 is 10.2 Å². The van der Waals surface area contributed by atoms with E-state index in [-0.39, 0.29) is 34.4 Å². The van der Waals surface area contributed by atoms with Gasteiger partial charge in [-0.15, -0.1) is 0 Å². The predicted octanol–water partition coefficient (Wildman–Crippen LogP) is 3.91. The van der Waals surface area contributed by atoms with Gasteiger partial charge in [-0.25, -0.2) is 13.4 Å². The van der Waals surface area contributed by atoms with Gasteiger partial charge in [-0.1, -0.05) is 12.1 Å². The minimum absolute atomic E-state index is 0.0857. The number of nitrogens with zero attached hydrogens (tertiary/aromatic N) is 2. The first-order chi connectivity index (χ1) is 16.8. The van der Waals surface area contributed by atoms with E-state index in [1.165, 1.54) is 24.4 Å². The lowest BCUT2D eigenvalue weighted by Crippen LogP contribution is -2.40. The number of amides is 1. The molecule has 0 spiro atoms. The van der Waals surface area contributed by atoms with E-state index < -0.39 is 9.84 Å². The van der Waals surface area contributed by atoms with Gasteiger partial charge in [0.25, 0.3) is 0 Å². The van der Waals surface area contributed by atoms with E-state index in [1.807, 2.05) is 6.92 Å². The molecule has 0 radical (unpaired) electrons. The van der Waals surface area contributed by atoms with Gasteiger partial charge in [0, 0.05) is 19.2 Å². The van der Waals surface area contributed by atoms with Gasteiger partial charge in [-0.05, 0) is 86.9 Å². The number of hydrazine groups is 1. The van der Waals surface area contributed by atoms with Crippen LogP contribution in [0.3, 0.4) is 0 Å². The summed E-state index contributed by atoms with van der Waals surface area (Å²) in [5.74, 6) is 0.566. The van der Waals surface area contributed by atoms with Gasteiger partial charge < -0.3 is 9.47 Å². The molecular formula is C25H35N3O6S. The van der Waals surface area contributed by atoms with Crippen LogP contribution in [-0.2, 0) is 25.9 Å². The molecule has 35 heavy (non-hydrogen) atoms. The predicted molar refractivity (Wildman–Crippen MR) is 129 cm³/mol. The van der Waals surface area contributed by atoms with Crippen LogP contribution >= 0.6 is 0 Å². The molecule has 3 rings (SSSR count). The Morgan fingerprint density at radius 2 is 1.86 bits per heavy atom. The van der Waals surface area contributed by atoms with E-state index in [1.54, 1.807) is 18.2 Å². The van der Waals surface area contributed by atoms with Crippen molar-refractivity contribution in [1.29, 1.82) is 0 Å². The quantitative estimate of drug-likeness (QED) is 0.417. The SMILES string of the molecule is CCCO[C@H]1CC[C@H](CC(=O)NN(O)Cc2ccnc(S(=O)(=O)c3ccc(OCC)cc3)c2)CC1. The number of rotatable bonds is 12. The molecule has 1 aliphatic rings.